The largest absolute Gasteiger partial charge is 0.394 e. The topological polar surface area (TPSA) is 376 Å². The summed E-state index contributed by atoms with van der Waals surface area (Å²) < 4.78 is 162. The Hall–Kier alpha value is -1.98. The first kappa shape index (κ1) is 75.1. The van der Waals surface area contributed by atoms with E-state index in [1.54, 1.807) is 19.1 Å². The zero-order valence-electron chi connectivity index (χ0n) is 41.1. The minimum atomic E-state index is -6.15. The first-order valence-corrected chi connectivity index (χ1v) is 27.9. The van der Waals surface area contributed by atoms with Crippen LogP contribution in [-0.4, -0.2) is 258 Å². The fraction of sp³-hybridized carbons (Fsp3) is 0.854. The van der Waals surface area contributed by atoms with Crippen molar-refractivity contribution in [3.63, 3.8) is 0 Å². The minimum absolute atomic E-state index is 0.00881. The molecular weight excluding hydrogens is 1190 g/mol. The van der Waals surface area contributed by atoms with Crippen LogP contribution in [0.1, 0.15) is 45.4 Å². The first-order valence-electron chi connectivity index (χ1n) is 22.8. The number of carbonyl (C=O) groups is 2. The number of alkyl halides is 6. The maximum absolute atomic E-state index is 12.0. The maximum atomic E-state index is 12.0. The number of aliphatic hydroxyl groups excluding tert-OH is 8. The van der Waals surface area contributed by atoms with Crippen molar-refractivity contribution in [2.45, 2.75) is 99.2 Å². The van der Waals surface area contributed by atoms with E-state index in [4.69, 9.17) is 68.5 Å². The van der Waals surface area contributed by atoms with Gasteiger partial charge in [0.2, 0.25) is 0 Å². The summed E-state index contributed by atoms with van der Waals surface area (Å²) in [6.45, 7) is 12.5. The van der Waals surface area contributed by atoms with Crippen LogP contribution in [0.15, 0.2) is 25.3 Å². The average molecular weight is 1260 g/mol. The number of cyclic esters (lactones) is 1. The number of hydrogen-bond donors (Lipinski definition) is 8. The Balaban J connectivity index is 0. The molecule has 2 radical (unpaired) electrons. The first-order chi connectivity index (χ1) is 35.3. The molecule has 25 nitrogen and oxygen atoms in total. The maximum Gasteiger partial charge on any atom is 0.104 e. The Labute approximate surface area is 442 Å². The van der Waals surface area contributed by atoms with Gasteiger partial charge >= 0.3 is 113 Å². The molecule has 4 fully saturated rings. The van der Waals surface area contributed by atoms with E-state index in [9.17, 15) is 63.0 Å². The van der Waals surface area contributed by atoms with E-state index in [-0.39, 0.29) is 109 Å². The molecule has 0 spiro atoms. The van der Waals surface area contributed by atoms with Crippen LogP contribution >= 0.6 is 0 Å². The summed E-state index contributed by atoms with van der Waals surface area (Å²) in [7, 11) is -12.3. The number of ether oxygens (including phenoxy) is 9. The quantitative estimate of drug-likeness (QED) is 0.00992. The van der Waals surface area contributed by atoms with Crippen LogP contribution in [0.25, 0.3) is 0 Å². The van der Waals surface area contributed by atoms with E-state index in [0.717, 1.165) is 32.5 Å². The summed E-state index contributed by atoms with van der Waals surface area (Å²) in [5.74, 6) is -0.766. The smallest absolute Gasteiger partial charge is 0.104 e. The second-order valence-corrected chi connectivity index (χ2v) is 21.9. The van der Waals surface area contributed by atoms with Crippen molar-refractivity contribution in [1.29, 1.82) is 0 Å². The zero-order chi connectivity index (χ0) is 57.5. The van der Waals surface area contributed by atoms with E-state index in [1.807, 2.05) is 0 Å². The Morgan fingerprint density at radius 1 is 0.747 bits per heavy atom. The van der Waals surface area contributed by atoms with Crippen LogP contribution in [0.2, 0.25) is 0 Å². The summed E-state index contributed by atoms with van der Waals surface area (Å²) in [5.41, 5.74) is -11.7. The predicted octanol–water partition coefficient (Wildman–Crippen LogP) is -1.07. The molecule has 0 bridgehead atoms. The summed E-state index contributed by atoms with van der Waals surface area (Å²) in [4.78, 5) is 22.9. The van der Waals surface area contributed by atoms with Gasteiger partial charge in [0.25, 0.3) is 0 Å². The zero-order valence-corrected chi connectivity index (χ0v) is 45.6. The van der Waals surface area contributed by atoms with Gasteiger partial charge in [-0.05, 0) is 45.4 Å². The molecule has 8 N–H and O–H groups in total. The van der Waals surface area contributed by atoms with E-state index < -0.39 is 83.6 Å². The second-order valence-electron chi connectivity index (χ2n) is 15.5. The molecule has 0 aromatic rings. The molecule has 0 aliphatic carbocycles. The fourth-order valence-corrected chi connectivity index (χ4v) is 8.93. The van der Waals surface area contributed by atoms with Gasteiger partial charge in [0.05, 0.1) is 104 Å². The fourth-order valence-electron chi connectivity index (χ4n) is 4.58. The van der Waals surface area contributed by atoms with Crippen LogP contribution in [0.4, 0.5) is 26.3 Å². The molecule has 34 heteroatoms. The Morgan fingerprint density at radius 3 is 1.56 bits per heavy atom. The third-order valence-corrected chi connectivity index (χ3v) is 15.4. The Bertz CT molecular complexity index is 1670. The number of carbonyl (C=O) groups excluding carboxylic acids is 2. The Morgan fingerprint density at radius 2 is 1.21 bits per heavy atom. The average Bonchev–Trinajstić information content (AvgIpc) is 4.19. The Kier molecular flexibility index (Phi) is 42.9. The minimum Gasteiger partial charge on any atom is -0.394 e. The van der Waals surface area contributed by atoms with Gasteiger partial charge in [-0.2, -0.15) is 0 Å². The molecule has 9 atom stereocenters. The van der Waals surface area contributed by atoms with Crippen molar-refractivity contribution in [2.24, 2.45) is 11.8 Å². The molecule has 4 rings (SSSR count). The van der Waals surface area contributed by atoms with Crippen molar-refractivity contribution in [1.82, 2.24) is 0 Å². The van der Waals surface area contributed by atoms with Crippen LogP contribution in [-0.2, 0) is 77.5 Å². The third-order valence-electron chi connectivity index (χ3n) is 8.79. The summed E-state index contributed by atoms with van der Waals surface area (Å²) in [6, 6.07) is 0. The summed E-state index contributed by atoms with van der Waals surface area (Å²) >= 11 is -3.86. The van der Waals surface area contributed by atoms with Gasteiger partial charge < -0.3 is 83.5 Å². The van der Waals surface area contributed by atoms with Crippen molar-refractivity contribution >= 4 is 54.1 Å². The molecule has 9 unspecified atom stereocenters. The molecule has 0 amide bonds. The number of allylic oxidation sites excluding steroid dienone is 2. The monoisotopic (exact) mass is 1260 g/mol. The number of hydrogen-bond acceptors (Lipinski definition) is 25. The molecule has 4 heterocycles. The summed E-state index contributed by atoms with van der Waals surface area (Å²) in [6.07, 6.45) is 5.18. The number of epoxide rings is 3. The van der Waals surface area contributed by atoms with Gasteiger partial charge in [-0.3, -0.25) is 9.59 Å². The van der Waals surface area contributed by atoms with Crippen molar-refractivity contribution < 1.29 is 141 Å². The molecule has 4 saturated heterocycles. The van der Waals surface area contributed by atoms with Gasteiger partial charge in [0.1, 0.15) is 49.3 Å². The molecule has 0 aromatic heterocycles. The van der Waals surface area contributed by atoms with Crippen LogP contribution < -0.4 is 0 Å². The second kappa shape index (κ2) is 42.9. The molecule has 444 valence electrons. The van der Waals surface area contributed by atoms with Crippen LogP contribution in [0, 0.1) is 11.8 Å². The molecule has 0 aromatic carbocycles. The van der Waals surface area contributed by atoms with Crippen LogP contribution in [0.3, 0.4) is 0 Å². The van der Waals surface area contributed by atoms with Gasteiger partial charge in [-0.15, -0.1) is 13.2 Å². The molecule has 0 saturated carbocycles. The number of esters is 2. The molecule has 4 aliphatic rings. The van der Waals surface area contributed by atoms with Crippen molar-refractivity contribution in [2.75, 3.05) is 112 Å². The standard InChI is InChI=1S/C17H30O8.C9H18O6.C8H12O2.C3H6O2.C2H6O.2CHF3O3S.Sn/c1-2-4-13(5-3-6-18)17(21)25-9-14(20)8-23-15(7-19)10-22-11-16-12-24-16;10-1-7(12)3-14-8(2-11)4-13-5-9-6-15-9;1-2-4-7-5-3-6-10-8(7)9;4-1-3-2-5-3;1-2-3;2*2-1(3,4)8(5,6)7;/h2,13-16,18-20H,1,3-12H2;7-12H,1-6H2;2,7H,1,3-6H2;3-4H,1-2H2;3H,2H2,1H3;2*(H,5,6,7);/q;;;;;;;+2/p-2. The van der Waals surface area contributed by atoms with Gasteiger partial charge in [0, 0.05) is 13.2 Å². The third kappa shape index (κ3) is 40.8. The molecular formula is C41H72F6O25S2Sn. The van der Waals surface area contributed by atoms with Gasteiger partial charge in [-0.1, -0.05) is 12.2 Å². The number of rotatable bonds is 32. The normalized spacial score (nSPS) is 20.7. The summed E-state index contributed by atoms with van der Waals surface area (Å²) in [5, 5.41) is 70.0. The number of halogens is 6. The van der Waals surface area contributed by atoms with Crippen molar-refractivity contribution in [3.05, 3.63) is 25.3 Å². The molecule has 4 aliphatic heterocycles. The molecule has 75 heavy (non-hydrogen) atoms. The van der Waals surface area contributed by atoms with Crippen LogP contribution in [0.5, 0.6) is 0 Å². The number of aliphatic hydroxyl groups is 8. The van der Waals surface area contributed by atoms with Gasteiger partial charge in [-0.25, -0.2) is 0 Å². The van der Waals surface area contributed by atoms with E-state index >= 15 is 0 Å². The van der Waals surface area contributed by atoms with E-state index in [2.05, 4.69) is 22.9 Å². The van der Waals surface area contributed by atoms with Gasteiger partial charge in [0.15, 0.2) is 0 Å². The SMILES string of the molecule is C=CCC(CCCO)C(=O)OCC(O)COC(CO)COCC1CO1.C=CCC1CCCOC1=O.CCO.O=S(=O)([O][Sn][O]S(=O)(=O)C(F)(F)F)C(F)(F)F.OCC(O)COC(CO)COCC1CO1.OCC1CO1. The predicted molar refractivity (Wildman–Crippen MR) is 245 cm³/mol. The van der Waals surface area contributed by atoms with E-state index in [1.165, 1.54) is 0 Å². The van der Waals surface area contributed by atoms with E-state index in [0.29, 0.717) is 45.7 Å². The van der Waals surface area contributed by atoms with Crippen molar-refractivity contribution in [3.8, 4) is 0 Å².